The SMILES string of the molecule is CSC1CC2(CCN(I)CC2)c2ccccc21. The third-order valence-corrected chi connectivity index (χ3v) is 6.36. The van der Waals surface area contributed by atoms with Crippen LogP contribution in [0.4, 0.5) is 0 Å². The second-order valence-corrected chi connectivity index (χ2v) is 7.61. The van der Waals surface area contributed by atoms with Crippen molar-refractivity contribution in [3.05, 3.63) is 35.4 Å². The van der Waals surface area contributed by atoms with E-state index in [-0.39, 0.29) is 0 Å². The summed E-state index contributed by atoms with van der Waals surface area (Å²) in [5.74, 6) is 0. The van der Waals surface area contributed by atoms with Crippen LogP contribution < -0.4 is 0 Å². The van der Waals surface area contributed by atoms with Gasteiger partial charge in [0.2, 0.25) is 0 Å². The lowest BCUT2D eigenvalue weighted by molar-refractivity contribution is 0.256. The highest BCUT2D eigenvalue weighted by atomic mass is 127. The zero-order chi connectivity index (χ0) is 11.9. The summed E-state index contributed by atoms with van der Waals surface area (Å²) in [5.41, 5.74) is 3.76. The lowest BCUT2D eigenvalue weighted by Gasteiger charge is -2.38. The summed E-state index contributed by atoms with van der Waals surface area (Å²) in [4.78, 5) is 0. The highest BCUT2D eigenvalue weighted by Gasteiger charge is 2.44. The zero-order valence-electron chi connectivity index (χ0n) is 10.2. The van der Waals surface area contributed by atoms with Crippen LogP contribution in [0.1, 0.15) is 35.6 Å². The standard InChI is InChI=1S/C14H18INS/c1-17-13-10-14(6-8-16(15)9-7-14)12-5-3-2-4-11(12)13/h2-5,13H,6-10H2,1H3. The number of rotatable bonds is 1. The highest BCUT2D eigenvalue weighted by Crippen LogP contribution is 2.54. The minimum absolute atomic E-state index is 0.492. The molecule has 1 nitrogen and oxygen atoms in total. The quantitative estimate of drug-likeness (QED) is 0.547. The maximum atomic E-state index is 2.47. The molecule has 0 bridgehead atoms. The molecule has 17 heavy (non-hydrogen) atoms. The van der Waals surface area contributed by atoms with E-state index in [1.54, 1.807) is 11.1 Å². The largest absolute Gasteiger partial charge is 0.247 e. The van der Waals surface area contributed by atoms with Crippen LogP contribution in [-0.2, 0) is 5.41 Å². The summed E-state index contributed by atoms with van der Waals surface area (Å²) in [6.07, 6.45) is 6.29. The van der Waals surface area contributed by atoms with Gasteiger partial charge in [0.25, 0.3) is 0 Å². The van der Waals surface area contributed by atoms with Gasteiger partial charge in [-0.15, -0.1) is 0 Å². The Balaban J connectivity index is 1.98. The fourth-order valence-electron chi connectivity index (χ4n) is 3.43. The summed E-state index contributed by atoms with van der Waals surface area (Å²) in [6.45, 7) is 2.49. The fraction of sp³-hybridized carbons (Fsp3) is 0.571. The van der Waals surface area contributed by atoms with E-state index < -0.39 is 0 Å². The third kappa shape index (κ3) is 2.04. The van der Waals surface area contributed by atoms with Gasteiger partial charge in [-0.1, -0.05) is 24.3 Å². The molecule has 1 atom stereocenters. The molecule has 1 heterocycles. The molecule has 1 aliphatic carbocycles. The number of hydrogen-bond donors (Lipinski definition) is 0. The molecule has 1 unspecified atom stereocenters. The first-order chi connectivity index (χ1) is 8.25. The molecule has 0 aromatic heterocycles. The Bertz CT molecular complexity index is 412. The van der Waals surface area contributed by atoms with Crippen LogP contribution in [0.3, 0.4) is 0 Å². The Morgan fingerprint density at radius 3 is 2.71 bits per heavy atom. The molecule has 1 saturated heterocycles. The molecular weight excluding hydrogens is 341 g/mol. The van der Waals surface area contributed by atoms with E-state index in [0.29, 0.717) is 5.41 Å². The third-order valence-electron chi connectivity index (χ3n) is 4.41. The number of piperidine rings is 1. The lowest BCUT2D eigenvalue weighted by atomic mass is 9.74. The number of fused-ring (bicyclic) bond motifs is 2. The molecule has 3 rings (SSSR count). The Hall–Kier alpha value is 0.260. The van der Waals surface area contributed by atoms with Crippen LogP contribution in [0.25, 0.3) is 0 Å². The average molecular weight is 359 g/mol. The summed E-state index contributed by atoms with van der Waals surface area (Å²) in [5, 5.41) is 0.729. The van der Waals surface area contributed by atoms with E-state index in [9.17, 15) is 0 Å². The normalized spacial score (nSPS) is 27.3. The van der Waals surface area contributed by atoms with Crippen LogP contribution in [0.2, 0.25) is 0 Å². The summed E-state index contributed by atoms with van der Waals surface area (Å²) < 4.78 is 2.44. The van der Waals surface area contributed by atoms with Gasteiger partial charge in [-0.2, -0.15) is 11.8 Å². The summed E-state index contributed by atoms with van der Waals surface area (Å²) in [6, 6.07) is 9.16. The number of hydrogen-bond acceptors (Lipinski definition) is 2. The van der Waals surface area contributed by atoms with Gasteiger partial charge < -0.3 is 0 Å². The van der Waals surface area contributed by atoms with Crippen molar-refractivity contribution in [2.45, 2.75) is 29.9 Å². The molecule has 92 valence electrons. The molecule has 0 radical (unpaired) electrons. The van der Waals surface area contributed by atoms with E-state index >= 15 is 0 Å². The van der Waals surface area contributed by atoms with E-state index in [1.165, 1.54) is 32.4 Å². The second-order valence-electron chi connectivity index (χ2n) is 5.21. The lowest BCUT2D eigenvalue weighted by Crippen LogP contribution is -2.37. The van der Waals surface area contributed by atoms with Crippen LogP contribution in [0.15, 0.2) is 24.3 Å². The van der Waals surface area contributed by atoms with E-state index in [1.807, 2.05) is 11.8 Å². The predicted molar refractivity (Wildman–Crippen MR) is 83.8 cm³/mol. The molecule has 1 aliphatic heterocycles. The molecule has 1 aromatic rings. The van der Waals surface area contributed by atoms with Crippen LogP contribution in [0.5, 0.6) is 0 Å². The number of thioether (sulfide) groups is 1. The zero-order valence-corrected chi connectivity index (χ0v) is 13.1. The van der Waals surface area contributed by atoms with Gasteiger partial charge in [0.1, 0.15) is 0 Å². The monoisotopic (exact) mass is 359 g/mol. The highest BCUT2D eigenvalue weighted by molar-refractivity contribution is 14.1. The summed E-state index contributed by atoms with van der Waals surface area (Å²) in [7, 11) is 0. The van der Waals surface area contributed by atoms with Crippen molar-refractivity contribution in [3.63, 3.8) is 0 Å². The first kappa shape index (κ1) is 12.3. The van der Waals surface area contributed by atoms with E-state index in [4.69, 9.17) is 0 Å². The number of benzene rings is 1. The molecule has 0 saturated carbocycles. The van der Waals surface area contributed by atoms with Gasteiger partial charge in [0.15, 0.2) is 0 Å². The Kier molecular flexibility index (Phi) is 3.43. The van der Waals surface area contributed by atoms with Gasteiger partial charge >= 0.3 is 0 Å². The minimum Gasteiger partial charge on any atom is -0.247 e. The maximum absolute atomic E-state index is 2.47. The molecule has 3 heteroatoms. The topological polar surface area (TPSA) is 3.24 Å². The van der Waals surface area contributed by atoms with Crippen molar-refractivity contribution in [2.24, 2.45) is 0 Å². The molecule has 1 spiro atoms. The van der Waals surface area contributed by atoms with Crippen molar-refractivity contribution in [3.8, 4) is 0 Å². The first-order valence-electron chi connectivity index (χ1n) is 6.28. The Labute approximate surface area is 122 Å². The van der Waals surface area contributed by atoms with Gasteiger partial charge in [-0.3, -0.25) is 0 Å². The van der Waals surface area contributed by atoms with Crippen molar-refractivity contribution >= 4 is 34.6 Å². The molecule has 0 amide bonds. The molecule has 1 aromatic carbocycles. The average Bonchev–Trinajstić information content (AvgIpc) is 2.68. The first-order valence-corrected chi connectivity index (χ1v) is 8.53. The van der Waals surface area contributed by atoms with Crippen molar-refractivity contribution < 1.29 is 0 Å². The molecule has 0 N–H and O–H groups in total. The van der Waals surface area contributed by atoms with Gasteiger partial charge in [-0.25, -0.2) is 3.11 Å². The van der Waals surface area contributed by atoms with Crippen LogP contribution in [0, 0.1) is 0 Å². The number of nitrogens with zero attached hydrogens (tertiary/aromatic N) is 1. The number of halogens is 1. The van der Waals surface area contributed by atoms with E-state index in [2.05, 4.69) is 56.5 Å². The second kappa shape index (κ2) is 4.74. The predicted octanol–water partition coefficient (Wildman–Crippen LogP) is 4.18. The Morgan fingerprint density at radius 1 is 1.29 bits per heavy atom. The smallest absolute Gasteiger partial charge is 0.0305 e. The fourth-order valence-corrected chi connectivity index (χ4v) is 4.85. The molecule has 2 aliphatic rings. The van der Waals surface area contributed by atoms with Crippen LogP contribution >= 0.6 is 34.6 Å². The maximum Gasteiger partial charge on any atom is 0.0305 e. The Morgan fingerprint density at radius 2 is 2.00 bits per heavy atom. The van der Waals surface area contributed by atoms with Crippen molar-refractivity contribution in [1.82, 2.24) is 3.11 Å². The van der Waals surface area contributed by atoms with Gasteiger partial charge in [0, 0.05) is 41.2 Å². The van der Waals surface area contributed by atoms with Crippen molar-refractivity contribution in [2.75, 3.05) is 19.3 Å². The molecular formula is C14H18INS. The van der Waals surface area contributed by atoms with E-state index in [0.717, 1.165) is 5.25 Å². The van der Waals surface area contributed by atoms with Crippen molar-refractivity contribution in [1.29, 1.82) is 0 Å². The van der Waals surface area contributed by atoms with Gasteiger partial charge in [-0.05, 0) is 42.1 Å². The molecule has 1 fully saturated rings. The van der Waals surface area contributed by atoms with Gasteiger partial charge in [0.05, 0.1) is 0 Å². The minimum atomic E-state index is 0.492. The van der Waals surface area contributed by atoms with Crippen LogP contribution in [-0.4, -0.2) is 22.5 Å². The summed E-state index contributed by atoms with van der Waals surface area (Å²) >= 11 is 4.50.